The summed E-state index contributed by atoms with van der Waals surface area (Å²) in [5.41, 5.74) is 7.27. The third kappa shape index (κ3) is 3.79. The summed E-state index contributed by atoms with van der Waals surface area (Å²) in [5.74, 6) is 0.933. The largest absolute Gasteiger partial charge is 0.327 e. The molecule has 2 heterocycles. The third-order valence-electron chi connectivity index (χ3n) is 6.10. The summed E-state index contributed by atoms with van der Waals surface area (Å²) < 4.78 is 2.29. The van der Waals surface area contributed by atoms with E-state index < -0.39 is 0 Å². The molecule has 1 aromatic heterocycles. The second-order valence-electron chi connectivity index (χ2n) is 8.40. The Morgan fingerprint density at radius 1 is 1.00 bits per heavy atom. The van der Waals surface area contributed by atoms with Crippen molar-refractivity contribution in [3.63, 3.8) is 0 Å². The molecule has 1 aliphatic heterocycles. The highest BCUT2D eigenvalue weighted by Gasteiger charge is 2.28. The van der Waals surface area contributed by atoms with Crippen LogP contribution in [0.3, 0.4) is 0 Å². The highest BCUT2D eigenvalue weighted by molar-refractivity contribution is 6.06. The van der Waals surface area contributed by atoms with E-state index in [4.69, 9.17) is 4.98 Å². The van der Waals surface area contributed by atoms with Gasteiger partial charge in [0.2, 0.25) is 0 Å². The van der Waals surface area contributed by atoms with Gasteiger partial charge in [-0.1, -0.05) is 48.4 Å². The predicted molar refractivity (Wildman–Crippen MR) is 123 cm³/mol. The fourth-order valence-corrected chi connectivity index (χ4v) is 4.38. The van der Waals surface area contributed by atoms with Crippen LogP contribution in [0.15, 0.2) is 42.5 Å². The number of aromatic nitrogens is 2. The molecular weight excluding hydrogens is 370 g/mol. The van der Waals surface area contributed by atoms with E-state index in [0.717, 1.165) is 59.7 Å². The van der Waals surface area contributed by atoms with Gasteiger partial charge in [0, 0.05) is 24.3 Å². The van der Waals surface area contributed by atoms with Crippen LogP contribution in [0.25, 0.3) is 11.4 Å². The van der Waals surface area contributed by atoms with Gasteiger partial charge < -0.3 is 9.47 Å². The number of amides is 1. The molecule has 0 aliphatic carbocycles. The van der Waals surface area contributed by atoms with E-state index in [1.807, 2.05) is 11.8 Å². The zero-order valence-electron chi connectivity index (χ0n) is 18.5. The summed E-state index contributed by atoms with van der Waals surface area (Å²) in [6.07, 6.45) is 4.33. The van der Waals surface area contributed by atoms with Gasteiger partial charge in [-0.05, 0) is 64.2 Å². The van der Waals surface area contributed by atoms with E-state index in [-0.39, 0.29) is 5.91 Å². The fourth-order valence-electron chi connectivity index (χ4n) is 4.38. The second kappa shape index (κ2) is 8.47. The van der Waals surface area contributed by atoms with Crippen LogP contribution in [0.5, 0.6) is 0 Å². The summed E-state index contributed by atoms with van der Waals surface area (Å²) in [6, 6.07) is 14.7. The van der Waals surface area contributed by atoms with Crippen molar-refractivity contribution in [3.05, 3.63) is 70.5 Å². The number of hydrogen-bond donors (Lipinski definition) is 0. The zero-order valence-corrected chi connectivity index (χ0v) is 18.5. The number of rotatable bonds is 4. The van der Waals surface area contributed by atoms with E-state index in [0.29, 0.717) is 12.2 Å². The number of aryl methyl sites for hydroxylation is 3. The number of nitrogens with zero attached hydrogens (tertiary/aromatic N) is 3. The minimum atomic E-state index is 0.00946. The van der Waals surface area contributed by atoms with Crippen molar-refractivity contribution in [1.82, 2.24) is 9.55 Å². The Bertz CT molecular complexity index is 1060. The maximum absolute atomic E-state index is 13.8. The summed E-state index contributed by atoms with van der Waals surface area (Å²) in [4.78, 5) is 20.6. The Balaban J connectivity index is 1.82. The summed E-state index contributed by atoms with van der Waals surface area (Å²) in [5, 5.41) is 0. The smallest absolute Gasteiger partial charge is 0.278 e. The lowest BCUT2D eigenvalue weighted by atomic mass is 10.1. The SMILES string of the molecule is CCN(C(=O)c1nc(-c2ccc(C)cc2)n2c1CCCCC2)c1cc(C)ccc1C. The topological polar surface area (TPSA) is 38.1 Å². The molecule has 0 saturated heterocycles. The molecule has 156 valence electrons. The number of hydrogen-bond acceptors (Lipinski definition) is 2. The van der Waals surface area contributed by atoms with Gasteiger partial charge in [0.1, 0.15) is 5.82 Å². The molecule has 3 aromatic rings. The van der Waals surface area contributed by atoms with E-state index in [2.05, 4.69) is 67.8 Å². The summed E-state index contributed by atoms with van der Waals surface area (Å²) in [7, 11) is 0. The molecule has 4 nitrogen and oxygen atoms in total. The molecule has 30 heavy (non-hydrogen) atoms. The Hall–Kier alpha value is -2.88. The average Bonchev–Trinajstić information content (AvgIpc) is 2.92. The molecule has 0 N–H and O–H groups in total. The maximum Gasteiger partial charge on any atom is 0.278 e. The van der Waals surface area contributed by atoms with Crippen LogP contribution >= 0.6 is 0 Å². The van der Waals surface area contributed by atoms with Gasteiger partial charge in [-0.15, -0.1) is 0 Å². The molecule has 0 fully saturated rings. The van der Waals surface area contributed by atoms with Crippen molar-refractivity contribution in [3.8, 4) is 11.4 Å². The van der Waals surface area contributed by atoms with Crippen LogP contribution in [0, 0.1) is 20.8 Å². The van der Waals surface area contributed by atoms with Crippen LogP contribution in [-0.4, -0.2) is 22.0 Å². The van der Waals surface area contributed by atoms with Crippen molar-refractivity contribution in [2.45, 2.75) is 59.9 Å². The Morgan fingerprint density at radius 2 is 1.73 bits per heavy atom. The van der Waals surface area contributed by atoms with Gasteiger partial charge in [0.25, 0.3) is 5.91 Å². The number of imidazole rings is 1. The Labute approximate surface area is 179 Å². The van der Waals surface area contributed by atoms with Crippen molar-refractivity contribution in [1.29, 1.82) is 0 Å². The van der Waals surface area contributed by atoms with E-state index in [1.165, 1.54) is 12.0 Å². The number of anilines is 1. The van der Waals surface area contributed by atoms with Crippen LogP contribution in [0.4, 0.5) is 5.69 Å². The van der Waals surface area contributed by atoms with E-state index in [1.54, 1.807) is 0 Å². The quantitative estimate of drug-likeness (QED) is 0.548. The molecular formula is C26H31N3O. The van der Waals surface area contributed by atoms with E-state index >= 15 is 0 Å². The monoisotopic (exact) mass is 401 g/mol. The molecule has 1 aliphatic rings. The maximum atomic E-state index is 13.8. The molecule has 4 heteroatoms. The fraction of sp³-hybridized carbons (Fsp3) is 0.385. The van der Waals surface area contributed by atoms with Gasteiger partial charge in [0.05, 0.1) is 5.69 Å². The van der Waals surface area contributed by atoms with Gasteiger partial charge in [0.15, 0.2) is 5.69 Å². The number of carbonyl (C=O) groups is 1. The van der Waals surface area contributed by atoms with Gasteiger partial charge in [-0.2, -0.15) is 0 Å². The van der Waals surface area contributed by atoms with Gasteiger partial charge in [-0.25, -0.2) is 4.98 Å². The van der Waals surface area contributed by atoms with Crippen molar-refractivity contribution < 1.29 is 4.79 Å². The number of fused-ring (bicyclic) bond motifs is 1. The minimum absolute atomic E-state index is 0.00946. The zero-order chi connectivity index (χ0) is 21.3. The number of benzene rings is 2. The molecule has 0 unspecified atom stereocenters. The first-order chi connectivity index (χ1) is 14.5. The average molecular weight is 402 g/mol. The molecule has 0 atom stereocenters. The first-order valence-corrected chi connectivity index (χ1v) is 11.0. The van der Waals surface area contributed by atoms with Gasteiger partial charge >= 0.3 is 0 Å². The third-order valence-corrected chi connectivity index (χ3v) is 6.10. The lowest BCUT2D eigenvalue weighted by Gasteiger charge is -2.23. The Morgan fingerprint density at radius 3 is 2.47 bits per heavy atom. The highest BCUT2D eigenvalue weighted by Crippen LogP contribution is 2.30. The van der Waals surface area contributed by atoms with E-state index in [9.17, 15) is 4.79 Å². The van der Waals surface area contributed by atoms with Crippen molar-refractivity contribution in [2.24, 2.45) is 0 Å². The first-order valence-electron chi connectivity index (χ1n) is 11.0. The first kappa shape index (κ1) is 20.4. The minimum Gasteiger partial charge on any atom is -0.327 e. The molecule has 1 amide bonds. The highest BCUT2D eigenvalue weighted by atomic mass is 16.2. The Kier molecular flexibility index (Phi) is 5.76. The summed E-state index contributed by atoms with van der Waals surface area (Å²) in [6.45, 7) is 9.81. The molecule has 0 spiro atoms. The molecule has 4 rings (SSSR count). The van der Waals surface area contributed by atoms with Crippen LogP contribution in [0.1, 0.15) is 59.1 Å². The standard InChI is InChI=1S/C26H31N3O/c1-5-28(23-17-19(3)10-13-20(23)4)26(30)24-22-9-7-6-8-16-29(22)25(27-24)21-14-11-18(2)12-15-21/h10-15,17H,5-9,16H2,1-4H3. The lowest BCUT2D eigenvalue weighted by molar-refractivity contribution is 0.0982. The molecule has 2 aromatic carbocycles. The molecule has 0 bridgehead atoms. The number of carbonyl (C=O) groups excluding carboxylic acids is 1. The predicted octanol–water partition coefficient (Wildman–Crippen LogP) is 5.87. The van der Waals surface area contributed by atoms with Crippen LogP contribution in [0.2, 0.25) is 0 Å². The lowest BCUT2D eigenvalue weighted by Crippen LogP contribution is -2.32. The van der Waals surface area contributed by atoms with Crippen molar-refractivity contribution >= 4 is 11.6 Å². The normalized spacial score (nSPS) is 13.6. The second-order valence-corrected chi connectivity index (χ2v) is 8.40. The van der Waals surface area contributed by atoms with Crippen LogP contribution < -0.4 is 4.90 Å². The van der Waals surface area contributed by atoms with Crippen molar-refractivity contribution in [2.75, 3.05) is 11.4 Å². The van der Waals surface area contributed by atoms with Gasteiger partial charge in [-0.3, -0.25) is 4.79 Å². The van der Waals surface area contributed by atoms with Crippen LogP contribution in [-0.2, 0) is 13.0 Å². The molecule has 0 radical (unpaired) electrons. The summed E-state index contributed by atoms with van der Waals surface area (Å²) >= 11 is 0. The molecule has 0 saturated carbocycles.